The first kappa shape index (κ1) is 18.4. The predicted octanol–water partition coefficient (Wildman–Crippen LogP) is 2.82. The summed E-state index contributed by atoms with van der Waals surface area (Å²) < 4.78 is 23.7. The summed E-state index contributed by atoms with van der Waals surface area (Å²) in [6.07, 6.45) is 2.69. The molecule has 7 heteroatoms. The molecule has 0 bridgehead atoms. The van der Waals surface area contributed by atoms with Crippen LogP contribution >= 0.6 is 15.9 Å². The lowest BCUT2D eigenvalue weighted by atomic mass is 10.2. The summed E-state index contributed by atoms with van der Waals surface area (Å²) in [5, 5.41) is 2.67. The Balaban J connectivity index is 2.12. The zero-order chi connectivity index (χ0) is 16.4. The second-order valence-electron chi connectivity index (χ2n) is 4.60. The summed E-state index contributed by atoms with van der Waals surface area (Å²) in [5.41, 5.74) is 0. The van der Waals surface area contributed by atoms with E-state index in [1.54, 1.807) is 6.07 Å². The zero-order valence-corrected chi connectivity index (χ0v) is 13.9. The van der Waals surface area contributed by atoms with Crippen LogP contribution < -0.4 is 10.1 Å². The van der Waals surface area contributed by atoms with Crippen LogP contribution in [0.1, 0.15) is 25.7 Å². The second kappa shape index (κ2) is 10.2. The van der Waals surface area contributed by atoms with E-state index in [-0.39, 0.29) is 24.2 Å². The Morgan fingerprint density at radius 2 is 2.05 bits per heavy atom. The van der Waals surface area contributed by atoms with E-state index in [1.807, 2.05) is 0 Å². The van der Waals surface area contributed by atoms with Crippen molar-refractivity contribution in [2.45, 2.75) is 25.7 Å². The van der Waals surface area contributed by atoms with Gasteiger partial charge in [0, 0.05) is 17.4 Å². The quantitative estimate of drug-likeness (QED) is 0.532. The van der Waals surface area contributed by atoms with Gasteiger partial charge in [-0.1, -0.05) is 22.4 Å². The van der Waals surface area contributed by atoms with Crippen LogP contribution in [0.3, 0.4) is 0 Å². The van der Waals surface area contributed by atoms with E-state index in [0.717, 1.165) is 19.3 Å². The van der Waals surface area contributed by atoms with Gasteiger partial charge in [0.25, 0.3) is 5.91 Å². The number of hydrogen-bond acceptors (Lipinski definition) is 4. The van der Waals surface area contributed by atoms with E-state index in [0.29, 0.717) is 17.4 Å². The Kier molecular flexibility index (Phi) is 8.50. The molecule has 1 rings (SSSR count). The monoisotopic (exact) mass is 375 g/mol. The molecule has 0 radical (unpaired) electrons. The summed E-state index contributed by atoms with van der Waals surface area (Å²) in [4.78, 5) is 22.4. The fourth-order valence-corrected chi connectivity index (χ4v) is 2.02. The maximum atomic E-state index is 13.5. The highest BCUT2D eigenvalue weighted by atomic mass is 79.9. The maximum absolute atomic E-state index is 13.5. The molecule has 5 nitrogen and oxygen atoms in total. The Morgan fingerprint density at radius 3 is 2.73 bits per heavy atom. The van der Waals surface area contributed by atoms with Crippen LogP contribution in [-0.4, -0.2) is 32.1 Å². The first-order valence-electron chi connectivity index (χ1n) is 6.94. The van der Waals surface area contributed by atoms with Crippen molar-refractivity contribution in [1.29, 1.82) is 0 Å². The highest BCUT2D eigenvalue weighted by Crippen LogP contribution is 2.21. The van der Waals surface area contributed by atoms with Gasteiger partial charge in [-0.15, -0.1) is 0 Å². The van der Waals surface area contributed by atoms with Crippen molar-refractivity contribution in [3.8, 4) is 5.75 Å². The summed E-state index contributed by atoms with van der Waals surface area (Å²) in [6, 6.07) is 4.37. The molecule has 0 unspecified atom stereocenters. The molecule has 22 heavy (non-hydrogen) atoms. The average molecular weight is 376 g/mol. The Labute approximate surface area is 137 Å². The van der Waals surface area contributed by atoms with Gasteiger partial charge in [-0.2, -0.15) is 0 Å². The van der Waals surface area contributed by atoms with E-state index in [4.69, 9.17) is 4.74 Å². The fourth-order valence-electron chi connectivity index (χ4n) is 1.69. The third-order valence-corrected chi connectivity index (χ3v) is 3.35. The molecule has 0 saturated carbocycles. The molecule has 0 aliphatic heterocycles. The van der Waals surface area contributed by atoms with Crippen molar-refractivity contribution in [2.24, 2.45) is 0 Å². The van der Waals surface area contributed by atoms with E-state index in [1.165, 1.54) is 19.2 Å². The Hall–Kier alpha value is -1.63. The van der Waals surface area contributed by atoms with Crippen molar-refractivity contribution in [3.63, 3.8) is 0 Å². The summed E-state index contributed by atoms with van der Waals surface area (Å²) >= 11 is 3.14. The first-order valence-corrected chi connectivity index (χ1v) is 7.73. The van der Waals surface area contributed by atoms with Crippen LogP contribution in [0.4, 0.5) is 4.39 Å². The third-order valence-electron chi connectivity index (χ3n) is 2.86. The number of esters is 1. The van der Waals surface area contributed by atoms with Crippen LogP contribution in [0.5, 0.6) is 5.75 Å². The van der Waals surface area contributed by atoms with Crippen molar-refractivity contribution in [1.82, 2.24) is 5.32 Å². The number of benzene rings is 1. The van der Waals surface area contributed by atoms with Gasteiger partial charge in [0.1, 0.15) is 0 Å². The number of amides is 1. The number of methoxy groups -OCH3 is 1. The highest BCUT2D eigenvalue weighted by molar-refractivity contribution is 9.10. The normalized spacial score (nSPS) is 10.1. The summed E-state index contributed by atoms with van der Waals surface area (Å²) in [5.74, 6) is -1.02. The molecule has 0 aliphatic carbocycles. The number of hydrogen-bond donors (Lipinski definition) is 1. The van der Waals surface area contributed by atoms with E-state index >= 15 is 0 Å². The fraction of sp³-hybridized carbons (Fsp3) is 0.467. The molecule has 1 aromatic carbocycles. The third kappa shape index (κ3) is 7.40. The van der Waals surface area contributed by atoms with Gasteiger partial charge in [0.05, 0.1) is 7.11 Å². The number of carbonyl (C=O) groups is 2. The number of nitrogens with one attached hydrogen (secondary N) is 1. The molecule has 0 saturated heterocycles. The lowest BCUT2D eigenvalue weighted by molar-refractivity contribution is -0.140. The van der Waals surface area contributed by atoms with Crippen molar-refractivity contribution in [2.75, 3.05) is 20.3 Å². The lowest BCUT2D eigenvalue weighted by Gasteiger charge is -2.08. The number of rotatable bonds is 9. The van der Waals surface area contributed by atoms with Crippen molar-refractivity contribution < 1.29 is 23.5 Å². The van der Waals surface area contributed by atoms with Crippen LogP contribution in [-0.2, 0) is 14.3 Å². The smallest absolute Gasteiger partial charge is 0.305 e. The molecule has 0 spiro atoms. The Morgan fingerprint density at radius 1 is 1.27 bits per heavy atom. The molecular formula is C15H19BrFNO4. The molecule has 122 valence electrons. The van der Waals surface area contributed by atoms with Gasteiger partial charge in [-0.3, -0.25) is 9.59 Å². The number of halogens is 2. The van der Waals surface area contributed by atoms with Gasteiger partial charge in [-0.25, -0.2) is 4.39 Å². The molecule has 0 fully saturated rings. The molecular weight excluding hydrogens is 357 g/mol. The van der Waals surface area contributed by atoms with E-state index < -0.39 is 5.82 Å². The topological polar surface area (TPSA) is 64.6 Å². The van der Waals surface area contributed by atoms with E-state index in [9.17, 15) is 14.0 Å². The highest BCUT2D eigenvalue weighted by Gasteiger charge is 2.07. The number of ether oxygens (including phenoxy) is 2. The van der Waals surface area contributed by atoms with Crippen LogP contribution in [0.2, 0.25) is 0 Å². The van der Waals surface area contributed by atoms with Gasteiger partial charge in [-0.05, 0) is 31.0 Å². The van der Waals surface area contributed by atoms with Crippen LogP contribution in [0, 0.1) is 5.82 Å². The minimum absolute atomic E-state index is 0.0384. The average Bonchev–Trinajstić information content (AvgIpc) is 2.49. The molecule has 0 aliphatic rings. The van der Waals surface area contributed by atoms with Gasteiger partial charge >= 0.3 is 5.97 Å². The molecule has 0 heterocycles. The summed E-state index contributed by atoms with van der Waals surface area (Å²) in [7, 11) is 1.36. The van der Waals surface area contributed by atoms with Crippen molar-refractivity contribution in [3.05, 3.63) is 28.5 Å². The minimum Gasteiger partial charge on any atom is -0.481 e. The Bertz CT molecular complexity index is 510. The first-order chi connectivity index (χ1) is 10.5. The van der Waals surface area contributed by atoms with Gasteiger partial charge < -0.3 is 14.8 Å². The van der Waals surface area contributed by atoms with Crippen molar-refractivity contribution >= 4 is 27.8 Å². The molecule has 1 aromatic rings. The SMILES string of the molecule is COC(=O)CCCCCNC(=O)COc1ccc(Br)cc1F. The molecule has 0 atom stereocenters. The standard InChI is InChI=1S/C15H19BrFNO4/c1-21-15(20)5-3-2-4-8-18-14(19)10-22-13-7-6-11(16)9-12(13)17/h6-7,9H,2-5,8,10H2,1H3,(H,18,19). The minimum atomic E-state index is -0.523. The van der Waals surface area contributed by atoms with E-state index in [2.05, 4.69) is 26.0 Å². The lowest BCUT2D eigenvalue weighted by Crippen LogP contribution is -2.29. The number of unbranched alkanes of at least 4 members (excludes halogenated alkanes) is 2. The van der Waals surface area contributed by atoms with Crippen LogP contribution in [0.15, 0.2) is 22.7 Å². The largest absolute Gasteiger partial charge is 0.481 e. The second-order valence-corrected chi connectivity index (χ2v) is 5.52. The summed E-state index contributed by atoms with van der Waals surface area (Å²) in [6.45, 7) is 0.257. The van der Waals surface area contributed by atoms with Crippen LogP contribution in [0.25, 0.3) is 0 Å². The van der Waals surface area contributed by atoms with Gasteiger partial charge in [0.2, 0.25) is 0 Å². The molecule has 1 N–H and O–H groups in total. The van der Waals surface area contributed by atoms with Gasteiger partial charge in [0.15, 0.2) is 18.2 Å². The maximum Gasteiger partial charge on any atom is 0.305 e. The zero-order valence-electron chi connectivity index (χ0n) is 12.4. The number of carbonyl (C=O) groups excluding carboxylic acids is 2. The molecule has 0 aromatic heterocycles. The predicted molar refractivity (Wildman–Crippen MR) is 83.1 cm³/mol. The molecule has 1 amide bonds.